The van der Waals surface area contributed by atoms with Crippen LogP contribution < -0.4 is 4.74 Å². The van der Waals surface area contributed by atoms with E-state index in [1.807, 2.05) is 49.3 Å². The van der Waals surface area contributed by atoms with Gasteiger partial charge < -0.3 is 24.1 Å². The van der Waals surface area contributed by atoms with Crippen LogP contribution in [0.1, 0.15) is 28.6 Å². The van der Waals surface area contributed by atoms with Crippen molar-refractivity contribution >= 4 is 38.6 Å². The van der Waals surface area contributed by atoms with Crippen molar-refractivity contribution in [1.29, 1.82) is 0 Å². The molecule has 1 aromatic heterocycles. The van der Waals surface area contributed by atoms with Gasteiger partial charge >= 0.3 is 0 Å². The Hall–Kier alpha value is -3.10. The highest BCUT2D eigenvalue weighted by molar-refractivity contribution is 9.10. The van der Waals surface area contributed by atoms with Crippen LogP contribution in [0.4, 0.5) is 0 Å². The molecule has 1 aliphatic heterocycles. The van der Waals surface area contributed by atoms with Crippen LogP contribution in [0.5, 0.6) is 5.75 Å². The van der Waals surface area contributed by atoms with E-state index in [1.54, 1.807) is 23.1 Å². The summed E-state index contributed by atoms with van der Waals surface area (Å²) in [5.74, 6) is -1.09. The summed E-state index contributed by atoms with van der Waals surface area (Å²) in [4.78, 5) is 30.3. The third-order valence-electron chi connectivity index (χ3n) is 5.67. The number of nitrogens with zero attached hydrogens (tertiary/aromatic N) is 2. The molecular formula is C25H25BrN2O5. The van der Waals surface area contributed by atoms with Gasteiger partial charge in [-0.25, -0.2) is 0 Å². The molecule has 8 heteroatoms. The van der Waals surface area contributed by atoms with Crippen molar-refractivity contribution in [3.05, 3.63) is 75.7 Å². The Morgan fingerprint density at radius 1 is 1.21 bits per heavy atom. The molecule has 0 aliphatic carbocycles. The van der Waals surface area contributed by atoms with E-state index < -0.39 is 23.5 Å². The number of ketones is 1. The van der Waals surface area contributed by atoms with Gasteiger partial charge in [0.05, 0.1) is 18.7 Å². The number of aliphatic hydroxyl groups is 1. The molecule has 2 aromatic carbocycles. The van der Waals surface area contributed by atoms with E-state index in [4.69, 9.17) is 9.15 Å². The van der Waals surface area contributed by atoms with Crippen molar-refractivity contribution in [2.75, 3.05) is 34.3 Å². The van der Waals surface area contributed by atoms with Crippen LogP contribution in [0.2, 0.25) is 0 Å². The first kappa shape index (κ1) is 23.1. The maximum atomic E-state index is 13.6. The molecule has 1 N–H and O–H groups in total. The van der Waals surface area contributed by atoms with Gasteiger partial charge in [-0.3, -0.25) is 9.59 Å². The number of Topliss-reactive ketones (excluding diaryl/α,β-unsaturated/α-hetero) is 1. The van der Waals surface area contributed by atoms with Crippen molar-refractivity contribution in [2.24, 2.45) is 0 Å². The number of methoxy groups -OCH3 is 1. The topological polar surface area (TPSA) is 83.2 Å². The molecule has 2 heterocycles. The number of ether oxygens (including phenoxy) is 1. The highest BCUT2D eigenvalue weighted by atomic mass is 79.9. The molecule has 0 bridgehead atoms. The van der Waals surface area contributed by atoms with E-state index in [9.17, 15) is 14.7 Å². The summed E-state index contributed by atoms with van der Waals surface area (Å²) in [5, 5.41) is 11.5. The van der Waals surface area contributed by atoms with Crippen LogP contribution in [0.15, 0.2) is 68.8 Å². The minimum atomic E-state index is -0.722. The SMILES string of the molecule is COc1cccc2cc(C(=O)C3=C(O)C(=O)N(CCCN(C)C)[C@@H]3c3cccc(Br)c3)oc12. The summed E-state index contributed by atoms with van der Waals surface area (Å²) in [7, 11) is 5.44. The fraction of sp³-hybridized carbons (Fsp3) is 0.280. The first-order chi connectivity index (χ1) is 15.8. The predicted octanol–water partition coefficient (Wildman–Crippen LogP) is 4.73. The molecular weight excluding hydrogens is 488 g/mol. The maximum Gasteiger partial charge on any atom is 0.290 e. The normalized spacial score (nSPS) is 16.3. The first-order valence-corrected chi connectivity index (χ1v) is 11.4. The van der Waals surface area contributed by atoms with E-state index in [0.29, 0.717) is 29.7 Å². The second-order valence-electron chi connectivity index (χ2n) is 8.19. The number of carbonyl (C=O) groups excluding carboxylic acids is 2. The zero-order valence-corrected chi connectivity index (χ0v) is 20.3. The number of hydrogen-bond acceptors (Lipinski definition) is 6. The Morgan fingerprint density at radius 3 is 2.67 bits per heavy atom. The largest absolute Gasteiger partial charge is 0.503 e. The molecule has 0 unspecified atom stereocenters. The van der Waals surface area contributed by atoms with Gasteiger partial charge in [-0.05, 0) is 56.9 Å². The molecule has 172 valence electrons. The average molecular weight is 513 g/mol. The maximum absolute atomic E-state index is 13.6. The van der Waals surface area contributed by atoms with Gasteiger partial charge in [0.1, 0.15) is 0 Å². The second-order valence-corrected chi connectivity index (χ2v) is 9.11. The van der Waals surface area contributed by atoms with Gasteiger partial charge in [0.15, 0.2) is 22.9 Å². The molecule has 1 atom stereocenters. The highest BCUT2D eigenvalue weighted by Crippen LogP contribution is 2.40. The Kier molecular flexibility index (Phi) is 6.58. The number of benzene rings is 2. The number of carbonyl (C=O) groups is 2. The molecule has 33 heavy (non-hydrogen) atoms. The standard InChI is InChI=1S/C25H25BrN2O5/c1-27(2)11-6-12-28-21(15-7-4-9-17(26)13-15)20(23(30)25(28)31)22(29)19-14-16-8-5-10-18(32-3)24(16)33-19/h4-5,7-10,13-14,21,30H,6,11-12H2,1-3H3/t21-/m1/s1. The molecule has 0 saturated carbocycles. The van der Waals surface area contributed by atoms with Crippen LogP contribution >= 0.6 is 15.9 Å². The fourth-order valence-electron chi connectivity index (χ4n) is 4.14. The number of fused-ring (bicyclic) bond motifs is 1. The smallest absolute Gasteiger partial charge is 0.290 e. The number of amides is 1. The van der Waals surface area contributed by atoms with Gasteiger partial charge in [-0.1, -0.05) is 40.2 Å². The minimum Gasteiger partial charge on any atom is -0.503 e. The third kappa shape index (κ3) is 4.41. The van der Waals surface area contributed by atoms with Crippen LogP contribution in [-0.2, 0) is 4.79 Å². The lowest BCUT2D eigenvalue weighted by atomic mass is 9.95. The number of halogens is 1. The lowest BCUT2D eigenvalue weighted by Crippen LogP contribution is -2.33. The minimum absolute atomic E-state index is 0.0148. The van der Waals surface area contributed by atoms with Gasteiger partial charge in [0, 0.05) is 16.4 Å². The van der Waals surface area contributed by atoms with Crippen LogP contribution in [0.3, 0.4) is 0 Å². The van der Waals surface area contributed by atoms with Crippen molar-refractivity contribution in [3.8, 4) is 5.75 Å². The molecule has 0 spiro atoms. The third-order valence-corrected chi connectivity index (χ3v) is 6.16. The van der Waals surface area contributed by atoms with E-state index in [0.717, 1.165) is 16.6 Å². The predicted molar refractivity (Wildman–Crippen MR) is 129 cm³/mol. The van der Waals surface area contributed by atoms with Gasteiger partial charge in [-0.2, -0.15) is 0 Å². The molecule has 0 fully saturated rings. The van der Waals surface area contributed by atoms with Crippen LogP contribution in [-0.4, -0.2) is 60.9 Å². The lowest BCUT2D eigenvalue weighted by Gasteiger charge is -2.27. The highest BCUT2D eigenvalue weighted by Gasteiger charge is 2.44. The number of hydrogen-bond donors (Lipinski definition) is 1. The summed E-state index contributed by atoms with van der Waals surface area (Å²) < 4.78 is 12.0. The number of furan rings is 1. The lowest BCUT2D eigenvalue weighted by molar-refractivity contribution is -0.129. The Balaban J connectivity index is 1.77. The summed E-state index contributed by atoms with van der Waals surface area (Å²) in [6, 6.07) is 13.6. The zero-order valence-electron chi connectivity index (χ0n) is 18.7. The zero-order chi connectivity index (χ0) is 23.7. The molecule has 3 aromatic rings. The van der Waals surface area contributed by atoms with E-state index in [1.165, 1.54) is 7.11 Å². The molecule has 0 radical (unpaired) electrons. The number of para-hydroxylation sites is 1. The fourth-order valence-corrected chi connectivity index (χ4v) is 4.56. The summed E-state index contributed by atoms with van der Waals surface area (Å²) in [5.41, 5.74) is 1.18. The average Bonchev–Trinajstić information content (AvgIpc) is 3.33. The van der Waals surface area contributed by atoms with Gasteiger partial charge in [-0.15, -0.1) is 0 Å². The molecule has 1 amide bonds. The Morgan fingerprint density at radius 2 is 1.97 bits per heavy atom. The van der Waals surface area contributed by atoms with Crippen molar-refractivity contribution in [3.63, 3.8) is 0 Å². The molecule has 4 rings (SSSR count). The summed E-state index contributed by atoms with van der Waals surface area (Å²) in [6.45, 7) is 1.16. The Labute approximate surface area is 200 Å². The quantitative estimate of drug-likeness (QED) is 0.439. The van der Waals surface area contributed by atoms with E-state index in [2.05, 4.69) is 15.9 Å². The molecule has 7 nitrogen and oxygen atoms in total. The molecule has 1 aliphatic rings. The monoisotopic (exact) mass is 512 g/mol. The van der Waals surface area contributed by atoms with Crippen molar-refractivity contribution in [2.45, 2.75) is 12.5 Å². The van der Waals surface area contributed by atoms with Gasteiger partial charge in [0.2, 0.25) is 5.78 Å². The van der Waals surface area contributed by atoms with Crippen LogP contribution in [0, 0.1) is 0 Å². The van der Waals surface area contributed by atoms with E-state index in [-0.39, 0.29) is 11.3 Å². The van der Waals surface area contributed by atoms with Crippen molar-refractivity contribution in [1.82, 2.24) is 9.80 Å². The molecule has 0 saturated heterocycles. The summed E-state index contributed by atoms with van der Waals surface area (Å²) >= 11 is 3.47. The Bertz CT molecular complexity index is 1250. The number of rotatable bonds is 8. The summed E-state index contributed by atoms with van der Waals surface area (Å²) in [6.07, 6.45) is 0.694. The van der Waals surface area contributed by atoms with Crippen molar-refractivity contribution < 1.29 is 23.8 Å². The van der Waals surface area contributed by atoms with Crippen LogP contribution in [0.25, 0.3) is 11.0 Å². The number of aliphatic hydroxyl groups excluding tert-OH is 1. The first-order valence-electron chi connectivity index (χ1n) is 10.6. The van der Waals surface area contributed by atoms with Gasteiger partial charge in [0.25, 0.3) is 5.91 Å². The van der Waals surface area contributed by atoms with E-state index >= 15 is 0 Å². The second kappa shape index (κ2) is 9.41.